The molecule has 1 atom stereocenters. The number of amides is 2. The Morgan fingerprint density at radius 3 is 2.67 bits per heavy atom. The third-order valence-electron chi connectivity index (χ3n) is 4.01. The summed E-state index contributed by atoms with van der Waals surface area (Å²) in [7, 11) is 0. The third-order valence-corrected chi connectivity index (χ3v) is 5.26. The van der Waals surface area contributed by atoms with Crippen LogP contribution >= 0.6 is 11.8 Å². The molecule has 24 heavy (non-hydrogen) atoms. The van der Waals surface area contributed by atoms with Crippen LogP contribution in [0.3, 0.4) is 0 Å². The highest BCUT2D eigenvalue weighted by Gasteiger charge is 2.31. The largest absolute Gasteiger partial charge is 0.323 e. The minimum absolute atomic E-state index is 0.0732. The van der Waals surface area contributed by atoms with Crippen molar-refractivity contribution in [2.45, 2.75) is 19.2 Å². The molecule has 0 aliphatic carbocycles. The van der Waals surface area contributed by atoms with Crippen LogP contribution in [0.25, 0.3) is 0 Å². The van der Waals surface area contributed by atoms with E-state index in [1.54, 1.807) is 16.7 Å². The second kappa shape index (κ2) is 6.81. The van der Waals surface area contributed by atoms with Crippen LogP contribution < -0.4 is 5.32 Å². The first-order valence-corrected chi connectivity index (χ1v) is 8.72. The van der Waals surface area contributed by atoms with Gasteiger partial charge in [-0.2, -0.15) is 0 Å². The van der Waals surface area contributed by atoms with E-state index in [1.165, 1.54) is 11.6 Å². The molecular formula is C18H18F2N2OS. The summed E-state index contributed by atoms with van der Waals surface area (Å²) in [6, 6.07) is 9.22. The van der Waals surface area contributed by atoms with Gasteiger partial charge >= 0.3 is 6.03 Å². The molecule has 2 aromatic carbocycles. The first-order valence-electron chi connectivity index (χ1n) is 7.67. The molecule has 0 bridgehead atoms. The quantitative estimate of drug-likeness (QED) is 0.840. The van der Waals surface area contributed by atoms with Gasteiger partial charge in [0.25, 0.3) is 0 Å². The van der Waals surface area contributed by atoms with Gasteiger partial charge in [0.2, 0.25) is 0 Å². The lowest BCUT2D eigenvalue weighted by atomic mass is 10.1. The number of urea groups is 1. The SMILES string of the molecule is Cc1ccc(C2SCCN2C(=O)Nc2ccc(F)c(F)c2)c(C)c1. The molecule has 1 fully saturated rings. The lowest BCUT2D eigenvalue weighted by Crippen LogP contribution is -2.34. The van der Waals surface area contributed by atoms with E-state index in [1.807, 2.05) is 26.0 Å². The third kappa shape index (κ3) is 3.38. The zero-order valence-corrected chi connectivity index (χ0v) is 14.3. The number of rotatable bonds is 2. The van der Waals surface area contributed by atoms with Gasteiger partial charge in [0.1, 0.15) is 5.37 Å². The van der Waals surface area contributed by atoms with E-state index in [4.69, 9.17) is 0 Å². The zero-order valence-electron chi connectivity index (χ0n) is 13.5. The molecule has 1 saturated heterocycles. The van der Waals surface area contributed by atoms with E-state index < -0.39 is 11.6 Å². The highest BCUT2D eigenvalue weighted by molar-refractivity contribution is 7.99. The molecule has 3 nitrogen and oxygen atoms in total. The Hall–Kier alpha value is -2.08. The second-order valence-corrected chi connectivity index (χ2v) is 7.02. The summed E-state index contributed by atoms with van der Waals surface area (Å²) in [5.41, 5.74) is 3.66. The molecule has 2 amide bonds. The Kier molecular flexibility index (Phi) is 4.76. The lowest BCUT2D eigenvalue weighted by molar-refractivity contribution is 0.214. The van der Waals surface area contributed by atoms with Crippen LogP contribution in [0.4, 0.5) is 19.3 Å². The van der Waals surface area contributed by atoms with Gasteiger partial charge in [-0.3, -0.25) is 0 Å². The molecule has 1 aliphatic rings. The summed E-state index contributed by atoms with van der Waals surface area (Å²) in [4.78, 5) is 14.3. The molecule has 0 radical (unpaired) electrons. The molecule has 6 heteroatoms. The predicted octanol–water partition coefficient (Wildman–Crippen LogP) is 4.86. The molecule has 0 aromatic heterocycles. The van der Waals surface area contributed by atoms with Crippen LogP contribution in [-0.2, 0) is 0 Å². The van der Waals surface area contributed by atoms with Crippen molar-refractivity contribution in [3.8, 4) is 0 Å². The van der Waals surface area contributed by atoms with Crippen molar-refractivity contribution >= 4 is 23.5 Å². The Balaban J connectivity index is 1.79. The Bertz CT molecular complexity index is 782. The molecule has 2 aromatic rings. The predicted molar refractivity (Wildman–Crippen MR) is 93.2 cm³/mol. The van der Waals surface area contributed by atoms with Crippen LogP contribution in [0.5, 0.6) is 0 Å². The summed E-state index contributed by atoms with van der Waals surface area (Å²) in [5.74, 6) is -1.07. The van der Waals surface area contributed by atoms with E-state index in [0.717, 1.165) is 29.0 Å². The maximum absolute atomic E-state index is 13.3. The van der Waals surface area contributed by atoms with E-state index in [-0.39, 0.29) is 17.1 Å². The number of halogens is 2. The second-order valence-electron chi connectivity index (χ2n) is 5.84. The highest BCUT2D eigenvalue weighted by Crippen LogP contribution is 2.39. The molecule has 1 unspecified atom stereocenters. The van der Waals surface area contributed by atoms with E-state index in [0.29, 0.717) is 6.54 Å². The number of carbonyl (C=O) groups is 1. The molecule has 0 spiro atoms. The number of thioether (sulfide) groups is 1. The van der Waals surface area contributed by atoms with Gasteiger partial charge in [-0.15, -0.1) is 11.8 Å². The van der Waals surface area contributed by atoms with Crippen molar-refractivity contribution in [2.75, 3.05) is 17.6 Å². The number of hydrogen-bond acceptors (Lipinski definition) is 2. The van der Waals surface area contributed by atoms with Crippen LogP contribution in [0, 0.1) is 25.5 Å². The van der Waals surface area contributed by atoms with E-state index in [9.17, 15) is 13.6 Å². The first-order chi connectivity index (χ1) is 11.5. The molecule has 1 N–H and O–H groups in total. The smallest absolute Gasteiger partial charge is 0.308 e. The van der Waals surface area contributed by atoms with Crippen molar-refractivity contribution in [3.05, 3.63) is 64.7 Å². The van der Waals surface area contributed by atoms with E-state index in [2.05, 4.69) is 11.4 Å². The van der Waals surface area contributed by atoms with Gasteiger partial charge in [-0.1, -0.05) is 23.8 Å². The number of nitrogens with one attached hydrogen (secondary N) is 1. The average Bonchev–Trinajstić information content (AvgIpc) is 3.00. The summed E-state index contributed by atoms with van der Waals surface area (Å²) < 4.78 is 26.3. The highest BCUT2D eigenvalue weighted by atomic mass is 32.2. The van der Waals surface area contributed by atoms with Gasteiger partial charge in [0.05, 0.1) is 0 Å². The molecule has 1 aliphatic heterocycles. The minimum Gasteiger partial charge on any atom is -0.308 e. The molecule has 0 saturated carbocycles. The fourth-order valence-corrected chi connectivity index (χ4v) is 4.16. The minimum atomic E-state index is -0.977. The summed E-state index contributed by atoms with van der Waals surface area (Å²) in [6.45, 7) is 4.68. The van der Waals surface area contributed by atoms with Gasteiger partial charge in [-0.25, -0.2) is 13.6 Å². The number of carbonyl (C=O) groups excluding carboxylic acids is 1. The Morgan fingerprint density at radius 1 is 1.17 bits per heavy atom. The Labute approximate surface area is 144 Å². The number of aryl methyl sites for hydroxylation is 2. The summed E-state index contributed by atoms with van der Waals surface area (Å²) in [6.07, 6.45) is 0. The first kappa shape index (κ1) is 16.8. The van der Waals surface area contributed by atoms with Gasteiger partial charge < -0.3 is 10.2 Å². The van der Waals surface area contributed by atoms with Gasteiger partial charge in [-0.05, 0) is 37.1 Å². The number of anilines is 1. The normalized spacial score (nSPS) is 17.2. The van der Waals surface area contributed by atoms with Gasteiger partial charge in [0.15, 0.2) is 11.6 Å². The molecule has 1 heterocycles. The molecular weight excluding hydrogens is 330 g/mol. The zero-order chi connectivity index (χ0) is 17.3. The topological polar surface area (TPSA) is 32.3 Å². The van der Waals surface area contributed by atoms with Crippen molar-refractivity contribution in [2.24, 2.45) is 0 Å². The van der Waals surface area contributed by atoms with E-state index >= 15 is 0 Å². The van der Waals surface area contributed by atoms with Crippen LogP contribution in [0.15, 0.2) is 36.4 Å². The maximum Gasteiger partial charge on any atom is 0.323 e. The van der Waals surface area contributed by atoms with Crippen LogP contribution in [0.2, 0.25) is 0 Å². The van der Waals surface area contributed by atoms with Crippen LogP contribution in [-0.4, -0.2) is 23.2 Å². The summed E-state index contributed by atoms with van der Waals surface area (Å²) in [5, 5.41) is 2.58. The molecule has 3 rings (SSSR count). The monoisotopic (exact) mass is 348 g/mol. The fraction of sp³-hybridized carbons (Fsp3) is 0.278. The number of hydrogen-bond donors (Lipinski definition) is 1. The average molecular weight is 348 g/mol. The van der Waals surface area contributed by atoms with Crippen LogP contribution in [0.1, 0.15) is 22.1 Å². The number of nitrogens with zero attached hydrogens (tertiary/aromatic N) is 1. The fourth-order valence-electron chi connectivity index (χ4n) is 2.81. The van der Waals surface area contributed by atoms with Crippen molar-refractivity contribution in [1.29, 1.82) is 0 Å². The lowest BCUT2D eigenvalue weighted by Gasteiger charge is -2.25. The molecule has 126 valence electrons. The van der Waals surface area contributed by atoms with Crippen molar-refractivity contribution in [3.63, 3.8) is 0 Å². The van der Waals surface area contributed by atoms with Crippen molar-refractivity contribution < 1.29 is 13.6 Å². The standard InChI is InChI=1S/C18H18F2N2OS/c1-11-3-5-14(12(2)9-11)17-22(7-8-24-17)18(23)21-13-4-6-15(19)16(20)10-13/h3-6,9-10,17H,7-8H2,1-2H3,(H,21,23). The summed E-state index contributed by atoms with van der Waals surface area (Å²) >= 11 is 1.70. The van der Waals surface area contributed by atoms with Gasteiger partial charge in [0, 0.05) is 24.1 Å². The Morgan fingerprint density at radius 2 is 1.96 bits per heavy atom. The number of benzene rings is 2. The maximum atomic E-state index is 13.3. The van der Waals surface area contributed by atoms with Crippen molar-refractivity contribution in [1.82, 2.24) is 4.90 Å².